The largest absolute Gasteiger partial charge is 0.416 e. The summed E-state index contributed by atoms with van der Waals surface area (Å²) < 4.78 is 44.8. The van der Waals surface area contributed by atoms with Gasteiger partial charge in [0.05, 0.1) is 12.1 Å². The van der Waals surface area contributed by atoms with Crippen molar-refractivity contribution in [3.63, 3.8) is 0 Å². The first-order chi connectivity index (χ1) is 9.41. The van der Waals surface area contributed by atoms with Crippen LogP contribution in [0.3, 0.4) is 0 Å². The first-order valence-corrected chi connectivity index (χ1v) is 6.14. The van der Waals surface area contributed by atoms with Crippen LogP contribution in [-0.4, -0.2) is 16.7 Å². The Morgan fingerprint density at radius 1 is 1.35 bits per heavy atom. The van der Waals surface area contributed by atoms with Crippen LogP contribution in [-0.2, 0) is 24.1 Å². The number of imidazole rings is 1. The molecule has 0 saturated heterocycles. The topological polar surface area (TPSA) is 27.1 Å². The molecule has 1 heterocycles. The van der Waals surface area contributed by atoms with Gasteiger partial charge in [-0.2, -0.15) is 13.2 Å². The molecule has 2 aromatic rings. The SMILES string of the molecule is COCc1nccn1Cc1cc(C(F)(F)F)ccc1Cl. The molecule has 0 amide bonds. The van der Waals surface area contributed by atoms with Gasteiger partial charge in [-0.15, -0.1) is 0 Å². The van der Waals surface area contributed by atoms with E-state index in [-0.39, 0.29) is 18.2 Å². The summed E-state index contributed by atoms with van der Waals surface area (Å²) in [5.74, 6) is 0.626. The Hall–Kier alpha value is -1.53. The van der Waals surface area contributed by atoms with E-state index in [1.54, 1.807) is 17.0 Å². The quantitative estimate of drug-likeness (QED) is 0.860. The number of ether oxygens (including phenoxy) is 1. The van der Waals surface area contributed by atoms with Crippen LogP contribution in [0, 0.1) is 0 Å². The summed E-state index contributed by atoms with van der Waals surface area (Å²) in [5, 5.41) is 0.287. The first-order valence-electron chi connectivity index (χ1n) is 5.76. The molecule has 3 nitrogen and oxygen atoms in total. The summed E-state index contributed by atoms with van der Waals surface area (Å²) in [7, 11) is 1.52. The molecule has 7 heteroatoms. The van der Waals surface area contributed by atoms with Gasteiger partial charge in [0.1, 0.15) is 12.4 Å². The number of aromatic nitrogens is 2. The maximum atomic E-state index is 12.7. The summed E-state index contributed by atoms with van der Waals surface area (Å²) in [5.41, 5.74) is -0.331. The average molecular weight is 305 g/mol. The Kier molecular flexibility index (Phi) is 4.35. The van der Waals surface area contributed by atoms with Gasteiger partial charge in [0.2, 0.25) is 0 Å². The molecule has 0 spiro atoms. The molecule has 0 radical (unpaired) electrons. The summed E-state index contributed by atoms with van der Waals surface area (Å²) in [6.45, 7) is 0.491. The molecule has 2 rings (SSSR count). The highest BCUT2D eigenvalue weighted by atomic mass is 35.5. The second-order valence-corrected chi connectivity index (χ2v) is 4.62. The zero-order chi connectivity index (χ0) is 14.8. The normalized spacial score (nSPS) is 11.8. The van der Waals surface area contributed by atoms with Crippen LogP contribution in [0.2, 0.25) is 5.02 Å². The van der Waals surface area contributed by atoms with Crippen LogP contribution in [0.4, 0.5) is 13.2 Å². The average Bonchev–Trinajstić information content (AvgIpc) is 2.79. The van der Waals surface area contributed by atoms with Gasteiger partial charge < -0.3 is 9.30 Å². The highest BCUT2D eigenvalue weighted by molar-refractivity contribution is 6.31. The molecule has 108 valence electrons. The summed E-state index contributed by atoms with van der Waals surface area (Å²) in [6, 6.07) is 3.28. The van der Waals surface area contributed by atoms with Crippen molar-refractivity contribution in [1.29, 1.82) is 0 Å². The van der Waals surface area contributed by atoms with E-state index in [1.165, 1.54) is 13.2 Å². The monoisotopic (exact) mass is 304 g/mol. The Bertz CT molecular complexity index is 596. The lowest BCUT2D eigenvalue weighted by atomic mass is 10.1. The van der Waals surface area contributed by atoms with E-state index < -0.39 is 11.7 Å². The number of methoxy groups -OCH3 is 1. The number of hydrogen-bond acceptors (Lipinski definition) is 2. The smallest absolute Gasteiger partial charge is 0.377 e. The molecular formula is C13H12ClF3N2O. The Balaban J connectivity index is 2.31. The molecule has 0 aliphatic carbocycles. The molecule has 20 heavy (non-hydrogen) atoms. The minimum atomic E-state index is -4.39. The predicted molar refractivity (Wildman–Crippen MR) is 68.5 cm³/mol. The number of benzene rings is 1. The van der Waals surface area contributed by atoms with Crippen molar-refractivity contribution in [3.05, 3.63) is 52.6 Å². The Morgan fingerprint density at radius 2 is 2.10 bits per heavy atom. The third-order valence-corrected chi connectivity index (χ3v) is 3.16. The molecule has 0 bridgehead atoms. The van der Waals surface area contributed by atoms with E-state index in [0.29, 0.717) is 11.4 Å². The van der Waals surface area contributed by atoms with Gasteiger partial charge in [-0.25, -0.2) is 4.98 Å². The zero-order valence-electron chi connectivity index (χ0n) is 10.6. The van der Waals surface area contributed by atoms with Crippen LogP contribution in [0.25, 0.3) is 0 Å². The number of rotatable bonds is 4. The maximum Gasteiger partial charge on any atom is 0.416 e. The molecule has 0 saturated carbocycles. The number of nitrogens with zero attached hydrogens (tertiary/aromatic N) is 2. The van der Waals surface area contributed by atoms with Gasteiger partial charge in [0, 0.05) is 24.5 Å². The lowest BCUT2D eigenvalue weighted by Crippen LogP contribution is -2.09. The fraction of sp³-hybridized carbons (Fsp3) is 0.308. The second-order valence-electron chi connectivity index (χ2n) is 4.21. The molecule has 1 aromatic carbocycles. The van der Waals surface area contributed by atoms with Gasteiger partial charge in [0.25, 0.3) is 0 Å². The van der Waals surface area contributed by atoms with E-state index >= 15 is 0 Å². The van der Waals surface area contributed by atoms with Crippen molar-refractivity contribution in [2.75, 3.05) is 7.11 Å². The third-order valence-electron chi connectivity index (χ3n) is 2.79. The van der Waals surface area contributed by atoms with Crippen LogP contribution >= 0.6 is 11.6 Å². The summed E-state index contributed by atoms with van der Waals surface area (Å²) >= 11 is 5.96. The molecular weight excluding hydrogens is 293 g/mol. The van der Waals surface area contributed by atoms with Gasteiger partial charge in [-0.05, 0) is 23.8 Å². The van der Waals surface area contributed by atoms with E-state index in [4.69, 9.17) is 16.3 Å². The van der Waals surface area contributed by atoms with Crippen LogP contribution in [0.1, 0.15) is 17.0 Å². The fourth-order valence-electron chi connectivity index (χ4n) is 1.81. The van der Waals surface area contributed by atoms with E-state index in [2.05, 4.69) is 4.98 Å². The van der Waals surface area contributed by atoms with Crippen LogP contribution in [0.15, 0.2) is 30.6 Å². The summed E-state index contributed by atoms with van der Waals surface area (Å²) in [6.07, 6.45) is -1.15. The summed E-state index contributed by atoms with van der Waals surface area (Å²) in [4.78, 5) is 4.08. The number of hydrogen-bond donors (Lipinski definition) is 0. The van der Waals surface area contributed by atoms with Crippen molar-refractivity contribution in [1.82, 2.24) is 9.55 Å². The lowest BCUT2D eigenvalue weighted by Gasteiger charge is -2.12. The molecule has 0 aliphatic heterocycles. The van der Waals surface area contributed by atoms with Gasteiger partial charge in [0.15, 0.2) is 0 Å². The molecule has 0 N–H and O–H groups in total. The van der Waals surface area contributed by atoms with Crippen molar-refractivity contribution < 1.29 is 17.9 Å². The van der Waals surface area contributed by atoms with Crippen LogP contribution < -0.4 is 0 Å². The van der Waals surface area contributed by atoms with Crippen molar-refractivity contribution in [2.24, 2.45) is 0 Å². The zero-order valence-corrected chi connectivity index (χ0v) is 11.4. The molecule has 0 atom stereocenters. The molecule has 0 aliphatic rings. The fourth-order valence-corrected chi connectivity index (χ4v) is 1.99. The van der Waals surface area contributed by atoms with E-state index in [0.717, 1.165) is 12.1 Å². The second kappa shape index (κ2) is 5.85. The van der Waals surface area contributed by atoms with Crippen molar-refractivity contribution in [3.8, 4) is 0 Å². The van der Waals surface area contributed by atoms with E-state index in [9.17, 15) is 13.2 Å². The highest BCUT2D eigenvalue weighted by Gasteiger charge is 2.30. The van der Waals surface area contributed by atoms with Gasteiger partial charge in [-0.3, -0.25) is 0 Å². The number of alkyl halides is 3. The lowest BCUT2D eigenvalue weighted by molar-refractivity contribution is -0.137. The van der Waals surface area contributed by atoms with Gasteiger partial charge in [-0.1, -0.05) is 11.6 Å². The molecule has 0 fully saturated rings. The van der Waals surface area contributed by atoms with Crippen LogP contribution in [0.5, 0.6) is 0 Å². The predicted octanol–water partition coefficient (Wildman–Crippen LogP) is 3.75. The standard InChI is InChI=1S/C13H12ClF3N2O/c1-20-8-12-18-4-5-19(12)7-9-6-10(13(15,16)17)2-3-11(9)14/h2-6H,7-8H2,1H3. The van der Waals surface area contributed by atoms with Gasteiger partial charge >= 0.3 is 6.18 Å². The maximum absolute atomic E-state index is 12.7. The Labute approximate surface area is 119 Å². The molecule has 0 unspecified atom stereocenters. The highest BCUT2D eigenvalue weighted by Crippen LogP contribution is 2.32. The minimum absolute atomic E-state index is 0.210. The third kappa shape index (κ3) is 3.32. The number of halogens is 4. The molecule has 1 aromatic heterocycles. The first kappa shape index (κ1) is 14.9. The van der Waals surface area contributed by atoms with E-state index in [1.807, 2.05) is 0 Å². The van der Waals surface area contributed by atoms with Crippen molar-refractivity contribution in [2.45, 2.75) is 19.3 Å². The van der Waals surface area contributed by atoms with Crippen molar-refractivity contribution >= 4 is 11.6 Å². The minimum Gasteiger partial charge on any atom is -0.377 e. The Morgan fingerprint density at radius 3 is 2.75 bits per heavy atom.